The fourth-order valence-electron chi connectivity index (χ4n) is 4.33. The van der Waals surface area contributed by atoms with E-state index in [0.717, 1.165) is 0 Å². The van der Waals surface area contributed by atoms with Crippen molar-refractivity contribution in [3.8, 4) is 0 Å². The van der Waals surface area contributed by atoms with Crippen LogP contribution in [0.3, 0.4) is 0 Å². The zero-order valence-electron chi connectivity index (χ0n) is 29.0. The first-order chi connectivity index (χ1) is 20.3. The number of carbonyl (C=O) groups excluding carboxylic acids is 3. The number of carbonyl (C=O) groups is 3. The highest BCUT2D eigenvalue weighted by atomic mass is 16.7. The van der Waals surface area contributed by atoms with Gasteiger partial charge in [0.2, 0.25) is 5.91 Å². The lowest BCUT2D eigenvalue weighted by Gasteiger charge is -2.34. The van der Waals surface area contributed by atoms with Crippen LogP contribution in [0.4, 0.5) is 0 Å². The molecule has 0 bridgehead atoms. The van der Waals surface area contributed by atoms with Gasteiger partial charge in [0.25, 0.3) is 0 Å². The van der Waals surface area contributed by atoms with E-state index in [1.165, 1.54) is 0 Å². The SMILES string of the molecule is CC(C)(C)OCOCCN1CCN(CC(=O)NCCN)CCN(CC(=O)OC(C)(C)C)CCN(CC(=O)OC(C)(C)C)CC1. The molecule has 1 aliphatic rings. The molecule has 1 fully saturated rings. The van der Waals surface area contributed by atoms with Crippen LogP contribution < -0.4 is 11.1 Å². The summed E-state index contributed by atoms with van der Waals surface area (Å²) in [5.41, 5.74) is 4.13. The van der Waals surface area contributed by atoms with E-state index in [1.54, 1.807) is 0 Å². The van der Waals surface area contributed by atoms with Crippen LogP contribution in [0.5, 0.6) is 0 Å². The summed E-state index contributed by atoms with van der Waals surface area (Å²) in [6, 6.07) is 0. The summed E-state index contributed by atoms with van der Waals surface area (Å²) in [6.07, 6.45) is 0. The molecule has 0 atom stereocenters. The molecule has 44 heavy (non-hydrogen) atoms. The second-order valence-electron chi connectivity index (χ2n) is 14.3. The Morgan fingerprint density at radius 3 is 1.43 bits per heavy atom. The van der Waals surface area contributed by atoms with Crippen molar-refractivity contribution in [1.29, 1.82) is 0 Å². The van der Waals surface area contributed by atoms with Crippen molar-refractivity contribution in [2.75, 3.05) is 105 Å². The first-order valence-corrected chi connectivity index (χ1v) is 15.9. The van der Waals surface area contributed by atoms with Crippen molar-refractivity contribution in [2.45, 2.75) is 79.1 Å². The molecule has 3 N–H and O–H groups in total. The van der Waals surface area contributed by atoms with Gasteiger partial charge in [0, 0.05) is 72.0 Å². The van der Waals surface area contributed by atoms with Gasteiger partial charge in [-0.15, -0.1) is 0 Å². The van der Waals surface area contributed by atoms with E-state index < -0.39 is 11.2 Å². The highest BCUT2D eigenvalue weighted by Crippen LogP contribution is 2.10. The van der Waals surface area contributed by atoms with Gasteiger partial charge in [-0.05, 0) is 62.3 Å². The fourth-order valence-corrected chi connectivity index (χ4v) is 4.33. The zero-order chi connectivity index (χ0) is 33.4. The van der Waals surface area contributed by atoms with Crippen LogP contribution in [0, 0.1) is 0 Å². The number of nitrogens with two attached hydrogens (primary N) is 1. The lowest BCUT2D eigenvalue weighted by molar-refractivity contribution is -0.158. The van der Waals surface area contributed by atoms with Gasteiger partial charge in [-0.3, -0.25) is 34.0 Å². The van der Waals surface area contributed by atoms with Crippen molar-refractivity contribution in [1.82, 2.24) is 24.9 Å². The van der Waals surface area contributed by atoms with Gasteiger partial charge in [-0.2, -0.15) is 0 Å². The van der Waals surface area contributed by atoms with E-state index in [4.69, 9.17) is 24.7 Å². The normalized spacial score (nSPS) is 17.9. The van der Waals surface area contributed by atoms with Crippen molar-refractivity contribution in [3.05, 3.63) is 0 Å². The maximum absolute atomic E-state index is 12.8. The first kappa shape index (κ1) is 40.2. The molecule has 1 aliphatic heterocycles. The third-order valence-electron chi connectivity index (χ3n) is 6.44. The minimum absolute atomic E-state index is 0.0843. The van der Waals surface area contributed by atoms with Crippen LogP contribution in [0.2, 0.25) is 0 Å². The number of hydrogen-bond donors (Lipinski definition) is 2. The number of rotatable bonds is 13. The molecule has 0 spiro atoms. The maximum atomic E-state index is 12.8. The summed E-state index contributed by atoms with van der Waals surface area (Å²) in [4.78, 5) is 46.7. The lowest BCUT2D eigenvalue weighted by Crippen LogP contribution is -2.50. The van der Waals surface area contributed by atoms with Crippen LogP contribution in [0.25, 0.3) is 0 Å². The molecule has 0 aliphatic carbocycles. The molecule has 0 radical (unpaired) electrons. The second kappa shape index (κ2) is 19.6. The minimum Gasteiger partial charge on any atom is -0.459 e. The van der Waals surface area contributed by atoms with Gasteiger partial charge in [-0.1, -0.05) is 0 Å². The Bertz CT molecular complexity index is 854. The number of amides is 1. The Morgan fingerprint density at radius 1 is 0.636 bits per heavy atom. The Labute approximate surface area is 266 Å². The van der Waals surface area contributed by atoms with E-state index in [-0.39, 0.29) is 49.9 Å². The number of nitrogens with one attached hydrogen (secondary N) is 1. The summed E-state index contributed by atoms with van der Waals surface area (Å²) in [6.45, 7) is 24.6. The highest BCUT2D eigenvalue weighted by molar-refractivity contribution is 5.78. The third-order valence-corrected chi connectivity index (χ3v) is 6.44. The average molecular weight is 631 g/mol. The number of nitrogens with zero attached hydrogens (tertiary/aromatic N) is 4. The number of hydrogen-bond acceptors (Lipinski definition) is 12. The largest absolute Gasteiger partial charge is 0.459 e. The summed E-state index contributed by atoms with van der Waals surface area (Å²) >= 11 is 0. The van der Waals surface area contributed by atoms with Crippen molar-refractivity contribution in [2.24, 2.45) is 5.73 Å². The zero-order valence-corrected chi connectivity index (χ0v) is 29.0. The van der Waals surface area contributed by atoms with E-state index in [9.17, 15) is 14.4 Å². The summed E-state index contributed by atoms with van der Waals surface area (Å²) in [5, 5.41) is 2.86. The average Bonchev–Trinajstić information content (AvgIpc) is 2.85. The minimum atomic E-state index is -0.592. The van der Waals surface area contributed by atoms with Gasteiger partial charge in [0.05, 0.1) is 31.8 Å². The van der Waals surface area contributed by atoms with Crippen molar-refractivity contribution < 1.29 is 33.3 Å². The van der Waals surface area contributed by atoms with Gasteiger partial charge in [-0.25, -0.2) is 0 Å². The van der Waals surface area contributed by atoms with Gasteiger partial charge in [0.15, 0.2) is 0 Å². The van der Waals surface area contributed by atoms with Gasteiger partial charge >= 0.3 is 11.9 Å². The highest BCUT2D eigenvalue weighted by Gasteiger charge is 2.24. The van der Waals surface area contributed by atoms with Gasteiger partial charge < -0.3 is 30.0 Å². The second-order valence-corrected chi connectivity index (χ2v) is 14.3. The Hall–Kier alpha value is -1.87. The smallest absolute Gasteiger partial charge is 0.320 e. The quantitative estimate of drug-likeness (QED) is 0.169. The predicted molar refractivity (Wildman–Crippen MR) is 171 cm³/mol. The maximum Gasteiger partial charge on any atom is 0.320 e. The molecule has 13 nitrogen and oxygen atoms in total. The van der Waals surface area contributed by atoms with Crippen LogP contribution in [-0.4, -0.2) is 159 Å². The topological polar surface area (TPSA) is 139 Å². The molecule has 1 saturated heterocycles. The molecule has 1 amide bonds. The molecule has 1 rings (SSSR count). The molecule has 0 aromatic carbocycles. The molecule has 0 aromatic rings. The molecule has 0 aromatic heterocycles. The van der Waals surface area contributed by atoms with E-state index in [0.29, 0.717) is 78.6 Å². The molecule has 0 saturated carbocycles. The molecular weight excluding hydrogens is 568 g/mol. The summed E-state index contributed by atoms with van der Waals surface area (Å²) < 4.78 is 22.7. The molecular formula is C31H62N6O7. The van der Waals surface area contributed by atoms with Crippen molar-refractivity contribution in [3.63, 3.8) is 0 Å². The fraction of sp³-hybridized carbons (Fsp3) is 0.903. The summed E-state index contributed by atoms with van der Waals surface area (Å²) in [5.74, 6) is -0.678. The number of esters is 2. The Morgan fingerprint density at radius 2 is 1.05 bits per heavy atom. The van der Waals surface area contributed by atoms with E-state index in [1.807, 2.05) is 67.2 Å². The lowest BCUT2D eigenvalue weighted by atomic mass is 10.2. The molecule has 13 heteroatoms. The Kier molecular flexibility index (Phi) is 17.9. The first-order valence-electron chi connectivity index (χ1n) is 15.9. The van der Waals surface area contributed by atoms with E-state index in [2.05, 4.69) is 20.0 Å². The van der Waals surface area contributed by atoms with E-state index >= 15 is 0 Å². The Balaban J connectivity index is 3.08. The van der Waals surface area contributed by atoms with Crippen LogP contribution in [0.1, 0.15) is 62.3 Å². The van der Waals surface area contributed by atoms with Crippen molar-refractivity contribution >= 4 is 17.8 Å². The van der Waals surface area contributed by atoms with Gasteiger partial charge in [0.1, 0.15) is 18.0 Å². The standard InChI is InChI=1S/C31H62N6O7/c1-29(2,3)42-25-41-21-20-34-12-14-35(22-26(38)33-11-10-32)16-17-37(24-28(40)44-31(7,8)9)19-18-36(15-13-34)23-27(39)43-30(4,5)6/h10-25,32H2,1-9H3,(H,33,38). The predicted octanol–water partition coefficient (Wildman–Crippen LogP) is 0.756. The monoisotopic (exact) mass is 630 g/mol. The number of ether oxygens (including phenoxy) is 4. The van der Waals surface area contributed by atoms with Crippen LogP contribution in [-0.2, 0) is 33.3 Å². The molecule has 1 heterocycles. The summed E-state index contributed by atoms with van der Waals surface area (Å²) in [7, 11) is 0. The van der Waals surface area contributed by atoms with Crippen LogP contribution in [0.15, 0.2) is 0 Å². The third kappa shape index (κ3) is 21.8. The molecule has 0 unspecified atom stereocenters. The molecule has 258 valence electrons. The van der Waals surface area contributed by atoms with Crippen LogP contribution >= 0.6 is 0 Å².